The van der Waals surface area contributed by atoms with Crippen LogP contribution in [-0.2, 0) is 33.3 Å². The summed E-state index contributed by atoms with van der Waals surface area (Å²) in [7, 11) is 2.89. The summed E-state index contributed by atoms with van der Waals surface area (Å²) in [5.74, 6) is -1.01. The van der Waals surface area contributed by atoms with Crippen molar-refractivity contribution in [3.8, 4) is 0 Å². The van der Waals surface area contributed by atoms with Crippen molar-refractivity contribution < 1.29 is 33.3 Å². The van der Waals surface area contributed by atoms with Gasteiger partial charge in [-0.15, -0.1) is 0 Å². The SMILES string of the molecule is CO[C@H]1O[C@H](C)[C@@H](OC)[C@H](OC(C)=O)[C@@H]1OC(C)=O. The Labute approximate surface area is 112 Å². The molecule has 0 unspecified atom stereocenters. The highest BCUT2D eigenvalue weighted by atomic mass is 16.7. The summed E-state index contributed by atoms with van der Waals surface area (Å²) >= 11 is 0. The van der Waals surface area contributed by atoms with E-state index in [1.807, 2.05) is 0 Å². The molecule has 1 rings (SSSR count). The lowest BCUT2D eigenvalue weighted by atomic mass is 9.99. The van der Waals surface area contributed by atoms with Crippen molar-refractivity contribution in [2.24, 2.45) is 0 Å². The molecule has 0 N–H and O–H groups in total. The molecule has 5 atom stereocenters. The van der Waals surface area contributed by atoms with Gasteiger partial charge in [-0.3, -0.25) is 9.59 Å². The van der Waals surface area contributed by atoms with Gasteiger partial charge in [0.05, 0.1) is 6.10 Å². The Morgan fingerprint density at radius 3 is 1.84 bits per heavy atom. The summed E-state index contributed by atoms with van der Waals surface area (Å²) in [6.07, 6.45) is -3.37. The van der Waals surface area contributed by atoms with E-state index in [1.165, 1.54) is 28.1 Å². The molecule has 19 heavy (non-hydrogen) atoms. The Balaban J connectivity index is 2.99. The van der Waals surface area contributed by atoms with Crippen LogP contribution in [0.15, 0.2) is 0 Å². The van der Waals surface area contributed by atoms with Crippen LogP contribution in [0.4, 0.5) is 0 Å². The molecule has 0 spiro atoms. The largest absolute Gasteiger partial charge is 0.455 e. The molecule has 0 bridgehead atoms. The molecular weight excluding hydrogens is 256 g/mol. The predicted molar refractivity (Wildman–Crippen MR) is 63.2 cm³/mol. The molecule has 0 saturated carbocycles. The number of esters is 2. The van der Waals surface area contributed by atoms with Gasteiger partial charge in [0, 0.05) is 28.1 Å². The van der Waals surface area contributed by atoms with Crippen LogP contribution < -0.4 is 0 Å². The van der Waals surface area contributed by atoms with E-state index < -0.39 is 36.5 Å². The second-order valence-electron chi connectivity index (χ2n) is 4.29. The molecule has 7 heteroatoms. The highest BCUT2D eigenvalue weighted by Crippen LogP contribution is 2.28. The molecule has 110 valence electrons. The highest BCUT2D eigenvalue weighted by Gasteiger charge is 2.49. The maximum Gasteiger partial charge on any atom is 0.303 e. The van der Waals surface area contributed by atoms with E-state index in [2.05, 4.69) is 0 Å². The van der Waals surface area contributed by atoms with Gasteiger partial charge in [0.15, 0.2) is 18.5 Å². The number of methoxy groups -OCH3 is 2. The lowest BCUT2D eigenvalue weighted by Gasteiger charge is -2.42. The van der Waals surface area contributed by atoms with Crippen LogP contribution in [0.5, 0.6) is 0 Å². The predicted octanol–water partition coefficient (Wildman–Crippen LogP) is 0.256. The van der Waals surface area contributed by atoms with E-state index in [0.717, 1.165) is 0 Å². The molecule has 0 amide bonds. The van der Waals surface area contributed by atoms with Crippen LogP contribution in [0.3, 0.4) is 0 Å². The zero-order valence-electron chi connectivity index (χ0n) is 11.7. The fourth-order valence-corrected chi connectivity index (χ4v) is 2.13. The average Bonchev–Trinajstić information content (AvgIpc) is 2.31. The summed E-state index contributed by atoms with van der Waals surface area (Å²) < 4.78 is 26.3. The van der Waals surface area contributed by atoms with Gasteiger partial charge in [0.2, 0.25) is 0 Å². The zero-order valence-corrected chi connectivity index (χ0v) is 11.7. The summed E-state index contributed by atoms with van der Waals surface area (Å²) in [5.41, 5.74) is 0. The smallest absolute Gasteiger partial charge is 0.303 e. The second kappa shape index (κ2) is 6.83. The van der Waals surface area contributed by atoms with Crippen molar-refractivity contribution in [3.63, 3.8) is 0 Å². The van der Waals surface area contributed by atoms with Crippen molar-refractivity contribution in [2.45, 2.75) is 51.5 Å². The van der Waals surface area contributed by atoms with Gasteiger partial charge < -0.3 is 23.7 Å². The van der Waals surface area contributed by atoms with Crippen molar-refractivity contribution in [2.75, 3.05) is 14.2 Å². The number of rotatable bonds is 4. The molecule has 1 saturated heterocycles. The third-order valence-corrected chi connectivity index (χ3v) is 2.84. The maximum absolute atomic E-state index is 11.2. The Kier molecular flexibility index (Phi) is 5.71. The summed E-state index contributed by atoms with van der Waals surface area (Å²) in [5, 5.41) is 0. The van der Waals surface area contributed by atoms with Crippen molar-refractivity contribution >= 4 is 11.9 Å². The normalized spacial score (nSPS) is 34.7. The number of hydrogen-bond donors (Lipinski definition) is 0. The minimum absolute atomic E-state index is 0.369. The lowest BCUT2D eigenvalue weighted by molar-refractivity contribution is -0.295. The van der Waals surface area contributed by atoms with Crippen LogP contribution in [0.2, 0.25) is 0 Å². The maximum atomic E-state index is 11.2. The van der Waals surface area contributed by atoms with Gasteiger partial charge in [-0.2, -0.15) is 0 Å². The number of hydrogen-bond acceptors (Lipinski definition) is 7. The van der Waals surface area contributed by atoms with Gasteiger partial charge in [0.25, 0.3) is 0 Å². The molecule has 0 aromatic carbocycles. The first-order valence-electron chi connectivity index (χ1n) is 5.96. The van der Waals surface area contributed by atoms with Crippen molar-refractivity contribution in [3.05, 3.63) is 0 Å². The summed E-state index contributed by atoms with van der Waals surface area (Å²) in [6, 6.07) is 0. The number of ether oxygens (including phenoxy) is 5. The Morgan fingerprint density at radius 1 is 0.895 bits per heavy atom. The van der Waals surface area contributed by atoms with Crippen LogP contribution in [-0.4, -0.2) is 56.9 Å². The van der Waals surface area contributed by atoms with E-state index in [9.17, 15) is 9.59 Å². The van der Waals surface area contributed by atoms with E-state index >= 15 is 0 Å². The third kappa shape index (κ3) is 3.89. The van der Waals surface area contributed by atoms with Gasteiger partial charge in [-0.05, 0) is 6.92 Å². The standard InChI is InChI=1S/C12H20O7/c1-6-9(15-4)10(18-7(2)13)11(19-8(3)14)12(16-5)17-6/h6,9-12H,1-5H3/t6-,9-,10+,11+,12+/m1/s1. The van der Waals surface area contributed by atoms with Crippen molar-refractivity contribution in [1.29, 1.82) is 0 Å². The third-order valence-electron chi connectivity index (χ3n) is 2.84. The van der Waals surface area contributed by atoms with E-state index in [4.69, 9.17) is 23.7 Å². The lowest BCUT2D eigenvalue weighted by Crippen LogP contribution is -2.60. The molecule has 1 aliphatic rings. The van der Waals surface area contributed by atoms with Crippen LogP contribution in [0.1, 0.15) is 20.8 Å². The molecular formula is C12H20O7. The fourth-order valence-electron chi connectivity index (χ4n) is 2.13. The quantitative estimate of drug-likeness (QED) is 0.681. The van der Waals surface area contributed by atoms with E-state index in [1.54, 1.807) is 6.92 Å². The molecule has 1 heterocycles. The molecule has 1 fully saturated rings. The molecule has 0 aromatic rings. The Morgan fingerprint density at radius 2 is 1.42 bits per heavy atom. The summed E-state index contributed by atoms with van der Waals surface area (Å²) in [4.78, 5) is 22.4. The fraction of sp³-hybridized carbons (Fsp3) is 0.833. The van der Waals surface area contributed by atoms with Gasteiger partial charge >= 0.3 is 11.9 Å². The monoisotopic (exact) mass is 276 g/mol. The average molecular weight is 276 g/mol. The van der Waals surface area contributed by atoms with Crippen LogP contribution in [0.25, 0.3) is 0 Å². The molecule has 0 aliphatic carbocycles. The minimum Gasteiger partial charge on any atom is -0.455 e. The topological polar surface area (TPSA) is 80.3 Å². The molecule has 1 aliphatic heterocycles. The molecule has 0 aromatic heterocycles. The Hall–Kier alpha value is -1.18. The highest BCUT2D eigenvalue weighted by molar-refractivity contribution is 5.67. The molecule has 0 radical (unpaired) electrons. The second-order valence-corrected chi connectivity index (χ2v) is 4.29. The first-order chi connectivity index (χ1) is 8.90. The van der Waals surface area contributed by atoms with E-state index in [-0.39, 0.29) is 6.10 Å². The zero-order chi connectivity index (χ0) is 14.6. The van der Waals surface area contributed by atoms with Gasteiger partial charge in [-0.1, -0.05) is 0 Å². The van der Waals surface area contributed by atoms with Crippen LogP contribution in [0, 0.1) is 0 Å². The number of carbonyl (C=O) groups excluding carboxylic acids is 2. The Bertz CT molecular complexity index is 330. The van der Waals surface area contributed by atoms with Gasteiger partial charge in [-0.25, -0.2) is 0 Å². The molecule has 7 nitrogen and oxygen atoms in total. The van der Waals surface area contributed by atoms with Gasteiger partial charge in [0.1, 0.15) is 6.10 Å². The van der Waals surface area contributed by atoms with Crippen LogP contribution >= 0.6 is 0 Å². The number of carbonyl (C=O) groups is 2. The summed E-state index contributed by atoms with van der Waals surface area (Å²) in [6.45, 7) is 4.30. The first kappa shape index (κ1) is 15.9. The van der Waals surface area contributed by atoms with E-state index in [0.29, 0.717) is 0 Å². The minimum atomic E-state index is -0.868. The van der Waals surface area contributed by atoms with Crippen molar-refractivity contribution in [1.82, 2.24) is 0 Å². The first-order valence-corrected chi connectivity index (χ1v) is 5.96.